The average molecular weight is 568 g/mol. The Kier molecular flexibility index (Phi) is 7.12. The number of carbonyl (C=O) groups excluding carboxylic acids is 1. The van der Waals surface area contributed by atoms with Gasteiger partial charge in [0.25, 0.3) is 5.91 Å². The molecule has 10 bridgehead atoms. The molecule has 1 aliphatic carbocycles. The zero-order valence-corrected chi connectivity index (χ0v) is 21.9. The van der Waals surface area contributed by atoms with E-state index in [1.165, 1.54) is 0 Å². The largest absolute Gasteiger partial charge is 0.489 e. The van der Waals surface area contributed by atoms with Gasteiger partial charge in [0, 0.05) is 43.5 Å². The topological polar surface area (TPSA) is 114 Å². The monoisotopic (exact) mass is 567 g/mol. The first-order valence-corrected chi connectivity index (χ1v) is 13.2. The maximum Gasteiger partial charge on any atom is 0.422 e. The number of hydrogen-bond donors (Lipinski definition) is 3. The van der Waals surface area contributed by atoms with Gasteiger partial charge in [-0.3, -0.25) is 4.79 Å². The van der Waals surface area contributed by atoms with Gasteiger partial charge in [0.2, 0.25) is 11.9 Å². The Morgan fingerprint density at radius 3 is 2.39 bits per heavy atom. The second-order valence-electron chi connectivity index (χ2n) is 10.4. The van der Waals surface area contributed by atoms with Gasteiger partial charge >= 0.3 is 12.2 Å². The molecule has 3 aromatic rings. The van der Waals surface area contributed by atoms with Crippen LogP contribution in [0.4, 0.5) is 30.8 Å². The van der Waals surface area contributed by atoms with E-state index in [0.717, 1.165) is 11.1 Å². The minimum atomic E-state index is -4.56. The summed E-state index contributed by atoms with van der Waals surface area (Å²) >= 11 is 0. The molecule has 1 amide bonds. The van der Waals surface area contributed by atoms with Crippen LogP contribution in [0.15, 0.2) is 60.7 Å². The van der Waals surface area contributed by atoms with Crippen molar-refractivity contribution in [2.45, 2.75) is 18.8 Å². The number of anilines is 3. The van der Waals surface area contributed by atoms with E-state index in [2.05, 4.69) is 37.5 Å². The summed E-state index contributed by atoms with van der Waals surface area (Å²) in [5.74, 6) is 1.49. The molecule has 1 saturated heterocycles. The number of rotatable bonds is 2. The summed E-state index contributed by atoms with van der Waals surface area (Å²) in [6.45, 7) is 5.25. The molecule has 0 spiro atoms. The minimum Gasteiger partial charge on any atom is -0.489 e. The fraction of sp³-hybridized carbons (Fsp3) is 0.357. The van der Waals surface area contributed by atoms with Crippen LogP contribution in [0.5, 0.6) is 11.8 Å². The van der Waals surface area contributed by atoms with Crippen molar-refractivity contribution < 1.29 is 27.4 Å². The van der Waals surface area contributed by atoms with E-state index in [1.807, 2.05) is 29.2 Å². The first kappa shape index (κ1) is 26.8. The summed E-state index contributed by atoms with van der Waals surface area (Å²) in [6, 6.07) is 14.0. The maximum atomic E-state index is 13.1. The highest BCUT2D eigenvalue weighted by molar-refractivity contribution is 5.95. The summed E-state index contributed by atoms with van der Waals surface area (Å²) in [4.78, 5) is 27.2. The van der Waals surface area contributed by atoms with Crippen molar-refractivity contribution >= 4 is 23.5 Å². The highest BCUT2D eigenvalue weighted by Crippen LogP contribution is 2.45. The summed E-state index contributed by atoms with van der Waals surface area (Å²) in [5, 5.41) is 9.50. The molecule has 1 aromatic heterocycles. The molecule has 214 valence electrons. The zero-order chi connectivity index (χ0) is 28.6. The quantitative estimate of drug-likeness (QED) is 0.398. The van der Waals surface area contributed by atoms with Crippen LogP contribution in [0.3, 0.4) is 0 Å². The normalized spacial score (nSPS) is 22.4. The Hall–Kier alpha value is -4.39. The summed E-state index contributed by atoms with van der Waals surface area (Å²) in [6.07, 6.45) is -4.56. The lowest BCUT2D eigenvalue weighted by atomic mass is 10.1. The number of aromatic nitrogens is 3. The van der Waals surface area contributed by atoms with Gasteiger partial charge in [0.05, 0.1) is 0 Å². The first-order chi connectivity index (χ1) is 19.7. The van der Waals surface area contributed by atoms with Gasteiger partial charge in [-0.15, -0.1) is 0 Å². The molecule has 2 fully saturated rings. The summed E-state index contributed by atoms with van der Waals surface area (Å²) in [7, 11) is 0. The number of carbonyl (C=O) groups is 1. The van der Waals surface area contributed by atoms with Gasteiger partial charge < -0.3 is 30.3 Å². The van der Waals surface area contributed by atoms with Crippen molar-refractivity contribution in [3.63, 3.8) is 0 Å². The molecular weight excluding hydrogens is 539 g/mol. The van der Waals surface area contributed by atoms with Gasteiger partial charge in [0.15, 0.2) is 6.61 Å². The van der Waals surface area contributed by atoms with Crippen LogP contribution in [0, 0.1) is 11.8 Å². The third kappa shape index (κ3) is 6.51. The number of benzene rings is 2. The number of nitrogens with one attached hydrogen (secondary N) is 3. The number of alkyl halides is 3. The molecule has 41 heavy (non-hydrogen) atoms. The number of amides is 1. The lowest BCUT2D eigenvalue weighted by Gasteiger charge is -2.21. The highest BCUT2D eigenvalue weighted by Gasteiger charge is 2.56. The van der Waals surface area contributed by atoms with Crippen LogP contribution in [0.2, 0.25) is 0 Å². The zero-order valence-electron chi connectivity index (χ0n) is 21.9. The molecule has 10 rings (SSSR count). The summed E-state index contributed by atoms with van der Waals surface area (Å²) in [5.41, 5.74) is 2.87. The van der Waals surface area contributed by atoms with Gasteiger partial charge in [-0.2, -0.15) is 28.1 Å². The molecular formula is C28H28F3N7O3. The van der Waals surface area contributed by atoms with E-state index in [9.17, 15) is 18.0 Å². The molecule has 13 heteroatoms. The smallest absolute Gasteiger partial charge is 0.422 e. The van der Waals surface area contributed by atoms with E-state index in [1.54, 1.807) is 24.3 Å². The van der Waals surface area contributed by atoms with Crippen LogP contribution in [-0.4, -0.2) is 70.8 Å². The molecule has 6 aliphatic heterocycles. The van der Waals surface area contributed by atoms with Crippen molar-refractivity contribution in [2.75, 3.05) is 43.5 Å². The molecule has 0 radical (unpaired) electrons. The molecule has 2 aromatic carbocycles. The average Bonchev–Trinajstić information content (AvgIpc) is 3.40. The van der Waals surface area contributed by atoms with E-state index in [0.29, 0.717) is 61.1 Å². The summed E-state index contributed by atoms with van der Waals surface area (Å²) < 4.78 is 49.0. The number of halogens is 3. The number of piperidine rings is 1. The van der Waals surface area contributed by atoms with Crippen molar-refractivity contribution in [3.05, 3.63) is 71.8 Å². The Balaban J connectivity index is 1.24. The third-order valence-corrected chi connectivity index (χ3v) is 7.25. The van der Waals surface area contributed by atoms with Crippen LogP contribution >= 0.6 is 0 Å². The molecule has 3 N–H and O–H groups in total. The van der Waals surface area contributed by atoms with E-state index < -0.39 is 18.8 Å². The highest BCUT2D eigenvalue weighted by atomic mass is 19.4. The number of ether oxygens (including phenoxy) is 2. The van der Waals surface area contributed by atoms with E-state index >= 15 is 0 Å². The predicted molar refractivity (Wildman–Crippen MR) is 144 cm³/mol. The molecule has 2 unspecified atom stereocenters. The lowest BCUT2D eigenvalue weighted by molar-refractivity contribution is -0.154. The second-order valence-corrected chi connectivity index (χ2v) is 10.4. The molecule has 10 nitrogen and oxygen atoms in total. The molecule has 7 heterocycles. The first-order valence-electron chi connectivity index (χ1n) is 13.2. The van der Waals surface area contributed by atoms with Crippen LogP contribution in [0.1, 0.15) is 15.9 Å². The molecule has 1 saturated carbocycles. The van der Waals surface area contributed by atoms with Crippen LogP contribution in [-0.2, 0) is 6.54 Å². The van der Waals surface area contributed by atoms with Crippen molar-refractivity contribution in [1.82, 2.24) is 25.2 Å². The van der Waals surface area contributed by atoms with Gasteiger partial charge in [-0.1, -0.05) is 18.7 Å². The number of hydrogen-bond acceptors (Lipinski definition) is 9. The van der Waals surface area contributed by atoms with Gasteiger partial charge in [-0.25, -0.2) is 0 Å². The fourth-order valence-corrected chi connectivity index (χ4v) is 5.09. The Bertz CT molecular complexity index is 1420. The Labute approximate surface area is 234 Å². The lowest BCUT2D eigenvalue weighted by Crippen LogP contribution is -2.36. The van der Waals surface area contributed by atoms with Crippen molar-refractivity contribution in [3.8, 4) is 11.8 Å². The minimum absolute atomic E-state index is 0.0182. The van der Waals surface area contributed by atoms with Gasteiger partial charge in [-0.05, 0) is 59.4 Å². The SMILES string of the molecule is C=C1CNC2C3CN(CC32)C(=O)c2ccc(cc2)Nc2nc(nc(OCC(F)(F)F)n2)NCc2ccc(cc2)OC1. The number of nitrogens with zero attached hydrogens (tertiary/aromatic N) is 4. The van der Waals surface area contributed by atoms with Crippen molar-refractivity contribution in [2.24, 2.45) is 11.8 Å². The fourth-order valence-electron chi connectivity index (χ4n) is 5.09. The van der Waals surface area contributed by atoms with E-state index in [-0.39, 0.29) is 24.3 Å². The standard InChI is InChI=1S/C28H28F3N7O3/c1-16-10-32-23-21-12-38(13-22(21)23)24(39)18-4-6-19(7-5-18)34-26-35-25(36-27(37-26)41-15-28(29,30)31)33-11-17-2-8-20(9-3-17)40-14-16/h2-9,21-23,32H,1,10-15H2,(H2,33,34,35,36,37). The maximum absolute atomic E-state index is 13.1. The third-order valence-electron chi connectivity index (χ3n) is 7.25. The predicted octanol–water partition coefficient (Wildman–Crippen LogP) is 3.78. The van der Waals surface area contributed by atoms with Gasteiger partial charge in [0.1, 0.15) is 12.4 Å². The van der Waals surface area contributed by atoms with Crippen LogP contribution < -0.4 is 25.4 Å². The Morgan fingerprint density at radius 1 is 0.976 bits per heavy atom. The molecule has 7 aliphatic rings. The van der Waals surface area contributed by atoms with Crippen molar-refractivity contribution in [1.29, 1.82) is 0 Å². The van der Waals surface area contributed by atoms with E-state index in [4.69, 9.17) is 9.47 Å². The molecule has 2 atom stereocenters. The second kappa shape index (κ2) is 10.9. The Morgan fingerprint density at radius 2 is 1.68 bits per heavy atom. The van der Waals surface area contributed by atoms with Crippen LogP contribution in [0.25, 0.3) is 0 Å².